The molecule has 1 heterocycles. The van der Waals surface area contributed by atoms with Gasteiger partial charge in [-0.2, -0.15) is 15.8 Å². The third-order valence-corrected chi connectivity index (χ3v) is 14.4. The zero-order chi connectivity index (χ0) is 34.1. The number of nitrogens with zero attached hydrogens (tertiary/aromatic N) is 4. The van der Waals surface area contributed by atoms with Crippen LogP contribution in [-0.4, -0.2) is 12.6 Å². The minimum atomic E-state index is -2.75. The molecule has 0 amide bonds. The molecule has 8 rings (SSSR count). The van der Waals surface area contributed by atoms with Crippen molar-refractivity contribution in [2.24, 2.45) is 0 Å². The first-order chi connectivity index (χ1) is 24.6. The lowest BCUT2D eigenvalue weighted by atomic mass is 10.1. The zero-order valence-electron chi connectivity index (χ0n) is 27.0. The van der Waals surface area contributed by atoms with Crippen LogP contribution in [0.1, 0.15) is 16.7 Å². The molecule has 0 saturated heterocycles. The van der Waals surface area contributed by atoms with E-state index in [1.54, 1.807) is 0 Å². The maximum atomic E-state index is 9.62. The van der Waals surface area contributed by atoms with Crippen molar-refractivity contribution >= 4 is 50.6 Å². The lowest BCUT2D eigenvalue weighted by Gasteiger charge is -2.34. The molecule has 1 aromatic heterocycles. The summed E-state index contributed by atoms with van der Waals surface area (Å²) in [5, 5.41) is 35.7. The number of rotatable bonds is 6. The van der Waals surface area contributed by atoms with Crippen molar-refractivity contribution in [1.29, 1.82) is 15.8 Å². The number of aromatic nitrogens is 1. The smallest absolute Gasteiger partial charge is 0.179 e. The molecule has 0 radical (unpaired) electrons. The molecule has 8 aromatic rings. The molecule has 7 aromatic carbocycles. The van der Waals surface area contributed by atoms with Gasteiger partial charge in [0.1, 0.15) is 0 Å². The highest BCUT2D eigenvalue weighted by Gasteiger charge is 2.41. The second kappa shape index (κ2) is 12.6. The number of fused-ring (bicyclic) bond motifs is 3. The molecule has 0 atom stereocenters. The third-order valence-electron chi connectivity index (χ3n) is 9.64. The van der Waals surface area contributed by atoms with Crippen molar-refractivity contribution in [1.82, 2.24) is 4.57 Å². The van der Waals surface area contributed by atoms with Gasteiger partial charge in [0.05, 0.1) is 45.9 Å². The highest BCUT2D eigenvalue weighted by molar-refractivity contribution is 7.19. The first-order valence-electron chi connectivity index (χ1n) is 16.4. The van der Waals surface area contributed by atoms with Gasteiger partial charge < -0.3 is 4.57 Å². The summed E-state index contributed by atoms with van der Waals surface area (Å²) in [6.45, 7) is 0. The van der Waals surface area contributed by atoms with Crippen LogP contribution in [0, 0.1) is 34.0 Å². The Labute approximate surface area is 291 Å². The molecule has 0 spiro atoms. The SMILES string of the molecule is N#Cc1ccc([Si](c2ccccc2)(c2ccccc2)c2ccc(-c3cccc(-n4c5ccc(C#N)cc5c5cc(C#N)ccc54)c3)cc2)cc1. The monoisotopic (exact) mass is 652 g/mol. The molecule has 0 aliphatic heterocycles. The quantitative estimate of drug-likeness (QED) is 0.138. The lowest BCUT2D eigenvalue weighted by Crippen LogP contribution is -2.74. The van der Waals surface area contributed by atoms with E-state index in [1.165, 1.54) is 20.7 Å². The molecule has 5 heteroatoms. The summed E-state index contributed by atoms with van der Waals surface area (Å²) in [6.07, 6.45) is 0. The molecule has 232 valence electrons. The Balaban J connectivity index is 1.28. The van der Waals surface area contributed by atoms with Gasteiger partial charge in [0.15, 0.2) is 8.07 Å². The van der Waals surface area contributed by atoms with E-state index in [1.807, 2.05) is 48.5 Å². The van der Waals surface area contributed by atoms with Gasteiger partial charge in [-0.3, -0.25) is 0 Å². The minimum absolute atomic E-state index is 0.583. The first-order valence-corrected chi connectivity index (χ1v) is 18.4. The van der Waals surface area contributed by atoms with Gasteiger partial charge in [-0.25, -0.2) is 0 Å². The number of nitriles is 3. The van der Waals surface area contributed by atoms with E-state index in [4.69, 9.17) is 0 Å². The molecule has 0 aliphatic rings. The first kappa shape index (κ1) is 30.4. The van der Waals surface area contributed by atoms with Crippen molar-refractivity contribution in [3.63, 3.8) is 0 Å². The second-order valence-electron chi connectivity index (χ2n) is 12.3. The van der Waals surface area contributed by atoms with Gasteiger partial charge in [-0.15, -0.1) is 0 Å². The number of hydrogen-bond acceptors (Lipinski definition) is 3. The lowest BCUT2D eigenvalue weighted by molar-refractivity contribution is 1.18. The summed E-state index contributed by atoms with van der Waals surface area (Å²) in [6, 6.07) is 65.4. The molecule has 0 saturated carbocycles. The van der Waals surface area contributed by atoms with E-state index >= 15 is 0 Å². The summed E-state index contributed by atoms with van der Waals surface area (Å²) in [4.78, 5) is 0. The Hall–Kier alpha value is -6.97. The minimum Gasteiger partial charge on any atom is -0.309 e. The van der Waals surface area contributed by atoms with Crippen LogP contribution in [0.3, 0.4) is 0 Å². The van der Waals surface area contributed by atoms with Crippen LogP contribution >= 0.6 is 0 Å². The van der Waals surface area contributed by atoms with Gasteiger partial charge in [0, 0.05) is 16.5 Å². The number of benzene rings is 7. The molecule has 50 heavy (non-hydrogen) atoms. The largest absolute Gasteiger partial charge is 0.309 e. The Bertz CT molecular complexity index is 2540. The molecule has 0 aliphatic carbocycles. The summed E-state index contributed by atoms with van der Waals surface area (Å²) in [5.74, 6) is 0. The maximum absolute atomic E-state index is 9.62. The molecular formula is C45H28N4Si. The standard InChI is InChI=1S/C45H28N4Si/c46-29-32-14-20-40(21-15-32)50(38-10-3-1-4-11-38,39-12-5-2-6-13-39)41-22-18-35(19-23-41)36-8-7-9-37(28-36)49-44-24-16-33(30-47)26-42(44)43-27-34(31-48)17-25-45(43)49/h1-28H. The average Bonchev–Trinajstić information content (AvgIpc) is 3.52. The zero-order valence-corrected chi connectivity index (χ0v) is 28.0. The predicted octanol–water partition coefficient (Wildman–Crippen LogP) is 7.44. The predicted molar refractivity (Wildman–Crippen MR) is 204 cm³/mol. The molecule has 0 N–H and O–H groups in total. The van der Waals surface area contributed by atoms with Gasteiger partial charge >= 0.3 is 0 Å². The Morgan fingerprint density at radius 3 is 1.34 bits per heavy atom. The fourth-order valence-corrected chi connectivity index (χ4v) is 12.1. The van der Waals surface area contributed by atoms with Crippen LogP contribution in [0.4, 0.5) is 0 Å². The van der Waals surface area contributed by atoms with Crippen molar-refractivity contribution < 1.29 is 0 Å². The van der Waals surface area contributed by atoms with Gasteiger partial charge in [0.2, 0.25) is 0 Å². The van der Waals surface area contributed by atoms with Crippen molar-refractivity contribution in [3.05, 3.63) is 187 Å². The van der Waals surface area contributed by atoms with E-state index in [9.17, 15) is 15.8 Å². The summed E-state index contributed by atoms with van der Waals surface area (Å²) in [5.41, 5.74) is 6.94. The summed E-state index contributed by atoms with van der Waals surface area (Å²) < 4.78 is 2.21. The molecule has 4 nitrogen and oxygen atoms in total. The van der Waals surface area contributed by atoms with E-state index in [0.717, 1.165) is 38.6 Å². The maximum Gasteiger partial charge on any atom is 0.179 e. The van der Waals surface area contributed by atoms with Crippen molar-refractivity contribution in [3.8, 4) is 35.0 Å². The Kier molecular flexibility index (Phi) is 7.63. The van der Waals surface area contributed by atoms with E-state index in [-0.39, 0.29) is 0 Å². The van der Waals surface area contributed by atoms with Crippen LogP contribution in [0.15, 0.2) is 170 Å². The van der Waals surface area contributed by atoms with Crippen LogP contribution in [-0.2, 0) is 0 Å². The van der Waals surface area contributed by atoms with Crippen LogP contribution in [0.25, 0.3) is 38.6 Å². The molecular weight excluding hydrogens is 625 g/mol. The Morgan fingerprint density at radius 1 is 0.380 bits per heavy atom. The highest BCUT2D eigenvalue weighted by atomic mass is 28.3. The van der Waals surface area contributed by atoms with Gasteiger partial charge in [0.25, 0.3) is 0 Å². The highest BCUT2D eigenvalue weighted by Crippen LogP contribution is 2.34. The normalized spacial score (nSPS) is 11.1. The topological polar surface area (TPSA) is 76.3 Å². The fraction of sp³-hybridized carbons (Fsp3) is 0. The van der Waals surface area contributed by atoms with Crippen LogP contribution in [0.2, 0.25) is 0 Å². The molecule has 0 unspecified atom stereocenters. The van der Waals surface area contributed by atoms with Crippen LogP contribution in [0.5, 0.6) is 0 Å². The van der Waals surface area contributed by atoms with E-state index in [0.29, 0.717) is 16.7 Å². The second-order valence-corrected chi connectivity index (χ2v) is 16.1. The fourth-order valence-electron chi connectivity index (χ4n) is 7.35. The van der Waals surface area contributed by atoms with E-state index < -0.39 is 8.07 Å². The summed E-state index contributed by atoms with van der Waals surface area (Å²) in [7, 11) is -2.75. The number of hydrogen-bond donors (Lipinski definition) is 0. The molecule has 0 fully saturated rings. The average molecular weight is 653 g/mol. The van der Waals surface area contributed by atoms with Gasteiger partial charge in [-0.1, -0.05) is 109 Å². The molecule has 0 bridgehead atoms. The van der Waals surface area contributed by atoms with Crippen molar-refractivity contribution in [2.45, 2.75) is 0 Å². The van der Waals surface area contributed by atoms with Crippen molar-refractivity contribution in [2.75, 3.05) is 0 Å². The third kappa shape index (κ3) is 4.97. The van der Waals surface area contributed by atoms with Crippen LogP contribution < -0.4 is 20.7 Å². The van der Waals surface area contributed by atoms with E-state index in [2.05, 4.69) is 144 Å². The summed E-state index contributed by atoms with van der Waals surface area (Å²) >= 11 is 0. The Morgan fingerprint density at radius 2 is 0.840 bits per heavy atom. The van der Waals surface area contributed by atoms with Gasteiger partial charge in [-0.05, 0) is 92.5 Å².